The zero-order chi connectivity index (χ0) is 14.8. The van der Waals surface area contributed by atoms with Gasteiger partial charge in [0.25, 0.3) is 0 Å². The summed E-state index contributed by atoms with van der Waals surface area (Å²) in [4.78, 5) is 4.44. The first-order chi connectivity index (χ1) is 9.67. The third kappa shape index (κ3) is 8.20. The number of methoxy groups -OCH3 is 1. The molecule has 0 atom stereocenters. The number of ether oxygens (including phenoxy) is 1. The maximum Gasteiger partial charge on any atom is 0.191 e. The molecule has 0 aliphatic carbocycles. The minimum atomic E-state index is 0. The van der Waals surface area contributed by atoms with Crippen molar-refractivity contribution >= 4 is 29.9 Å². The molecule has 0 amide bonds. The predicted octanol–water partition coefficient (Wildman–Crippen LogP) is 1.05. The minimum Gasteiger partial charge on any atom is -0.383 e. The number of halogens is 1. The number of aliphatic imine (C=N–C) groups is 1. The summed E-state index contributed by atoms with van der Waals surface area (Å²) in [6, 6.07) is 0.338. The molecule has 0 saturated carbocycles. The highest BCUT2D eigenvalue weighted by Crippen LogP contribution is 1.94. The lowest BCUT2D eigenvalue weighted by atomic mass is 10.4. The van der Waals surface area contributed by atoms with Gasteiger partial charge in [0.1, 0.15) is 12.2 Å². The van der Waals surface area contributed by atoms with Crippen LogP contribution in [0.4, 0.5) is 0 Å². The predicted molar refractivity (Wildman–Crippen MR) is 95.3 cm³/mol. The van der Waals surface area contributed by atoms with E-state index in [1.54, 1.807) is 13.4 Å². The third-order valence-corrected chi connectivity index (χ3v) is 2.65. The van der Waals surface area contributed by atoms with E-state index in [4.69, 9.17) is 4.74 Å². The standard InChI is InChI=1S/C13H26N6O.HI/c1-5-12-18-16-10-19(12)8-6-14-13(17-11(2)3)15-7-9-20-4;/h10-11H,5-9H2,1-4H3,(H2,14,15,17);1H. The summed E-state index contributed by atoms with van der Waals surface area (Å²) in [6.07, 6.45) is 2.65. The van der Waals surface area contributed by atoms with Crippen molar-refractivity contribution in [2.75, 3.05) is 26.8 Å². The summed E-state index contributed by atoms with van der Waals surface area (Å²) < 4.78 is 7.06. The van der Waals surface area contributed by atoms with E-state index in [1.165, 1.54) is 0 Å². The van der Waals surface area contributed by atoms with Crippen LogP contribution in [0.5, 0.6) is 0 Å². The van der Waals surface area contributed by atoms with Gasteiger partial charge in [-0.25, -0.2) is 0 Å². The van der Waals surface area contributed by atoms with Crippen LogP contribution in [0, 0.1) is 0 Å². The van der Waals surface area contributed by atoms with Gasteiger partial charge in [0.15, 0.2) is 5.96 Å². The van der Waals surface area contributed by atoms with E-state index in [2.05, 4.69) is 51.2 Å². The van der Waals surface area contributed by atoms with Crippen LogP contribution in [-0.4, -0.2) is 53.6 Å². The van der Waals surface area contributed by atoms with Crippen LogP contribution in [0.1, 0.15) is 26.6 Å². The zero-order valence-electron chi connectivity index (χ0n) is 13.3. The Labute approximate surface area is 144 Å². The van der Waals surface area contributed by atoms with Crippen molar-refractivity contribution in [3.05, 3.63) is 12.2 Å². The summed E-state index contributed by atoms with van der Waals surface area (Å²) in [5.41, 5.74) is 0. The lowest BCUT2D eigenvalue weighted by molar-refractivity contribution is 0.208. The van der Waals surface area contributed by atoms with Gasteiger partial charge in [-0.3, -0.25) is 4.99 Å². The zero-order valence-corrected chi connectivity index (χ0v) is 15.6. The van der Waals surface area contributed by atoms with Gasteiger partial charge in [-0.15, -0.1) is 34.2 Å². The summed E-state index contributed by atoms with van der Waals surface area (Å²) in [5, 5.41) is 14.6. The molecular weight excluding hydrogens is 383 g/mol. The lowest BCUT2D eigenvalue weighted by Gasteiger charge is -2.15. The van der Waals surface area contributed by atoms with Crippen molar-refractivity contribution in [1.82, 2.24) is 25.4 Å². The van der Waals surface area contributed by atoms with Crippen molar-refractivity contribution < 1.29 is 4.74 Å². The van der Waals surface area contributed by atoms with Crippen LogP contribution in [0.2, 0.25) is 0 Å². The van der Waals surface area contributed by atoms with Gasteiger partial charge >= 0.3 is 0 Å². The Hall–Kier alpha value is -0.900. The van der Waals surface area contributed by atoms with Crippen LogP contribution in [-0.2, 0) is 17.7 Å². The van der Waals surface area contributed by atoms with E-state index in [9.17, 15) is 0 Å². The molecule has 1 aromatic rings. The fourth-order valence-electron chi connectivity index (χ4n) is 1.71. The molecule has 0 aliphatic heterocycles. The van der Waals surface area contributed by atoms with Crippen LogP contribution in [0.3, 0.4) is 0 Å². The van der Waals surface area contributed by atoms with Gasteiger partial charge in [-0.05, 0) is 13.8 Å². The molecule has 7 nitrogen and oxygen atoms in total. The van der Waals surface area contributed by atoms with Crippen molar-refractivity contribution in [1.29, 1.82) is 0 Å². The summed E-state index contributed by atoms with van der Waals surface area (Å²) in [6.45, 7) is 9.11. The second kappa shape index (κ2) is 11.7. The SMILES string of the molecule is CCc1nncn1CCNC(=NCCOC)NC(C)C.I. The molecule has 8 heteroatoms. The molecule has 1 aromatic heterocycles. The minimum absolute atomic E-state index is 0. The Morgan fingerprint density at radius 2 is 2.24 bits per heavy atom. The normalized spacial score (nSPS) is 11.4. The largest absolute Gasteiger partial charge is 0.383 e. The number of nitrogens with one attached hydrogen (secondary N) is 2. The van der Waals surface area contributed by atoms with Gasteiger partial charge in [0, 0.05) is 32.7 Å². The van der Waals surface area contributed by atoms with E-state index < -0.39 is 0 Å². The molecule has 0 saturated heterocycles. The third-order valence-electron chi connectivity index (χ3n) is 2.65. The van der Waals surface area contributed by atoms with Gasteiger partial charge in [-0.1, -0.05) is 6.92 Å². The van der Waals surface area contributed by atoms with Gasteiger partial charge in [0.2, 0.25) is 0 Å². The topological polar surface area (TPSA) is 76.4 Å². The summed E-state index contributed by atoms with van der Waals surface area (Å²) >= 11 is 0. The monoisotopic (exact) mass is 410 g/mol. The Balaban J connectivity index is 0.00000400. The molecule has 1 heterocycles. The average molecular weight is 410 g/mol. The first-order valence-corrected chi connectivity index (χ1v) is 7.07. The maximum absolute atomic E-state index is 5.01. The molecule has 0 aromatic carbocycles. The number of hydrogen-bond acceptors (Lipinski definition) is 4. The van der Waals surface area contributed by atoms with Gasteiger partial charge < -0.3 is 19.9 Å². The van der Waals surface area contributed by atoms with Crippen LogP contribution in [0.25, 0.3) is 0 Å². The Morgan fingerprint density at radius 1 is 1.48 bits per heavy atom. The average Bonchev–Trinajstić information content (AvgIpc) is 2.85. The van der Waals surface area contributed by atoms with E-state index in [1.807, 2.05) is 0 Å². The van der Waals surface area contributed by atoms with E-state index >= 15 is 0 Å². The fourth-order valence-corrected chi connectivity index (χ4v) is 1.71. The Morgan fingerprint density at radius 3 is 2.86 bits per heavy atom. The van der Waals surface area contributed by atoms with Crippen LogP contribution in [0.15, 0.2) is 11.3 Å². The summed E-state index contributed by atoms with van der Waals surface area (Å²) in [7, 11) is 1.68. The van der Waals surface area contributed by atoms with Crippen LogP contribution >= 0.6 is 24.0 Å². The molecular formula is C13H27IN6O. The Kier molecular flexibility index (Phi) is 11.2. The van der Waals surface area contributed by atoms with Crippen molar-refractivity contribution in [2.24, 2.45) is 4.99 Å². The molecule has 2 N–H and O–H groups in total. The molecule has 1 rings (SSSR count). The second-order valence-electron chi connectivity index (χ2n) is 4.74. The maximum atomic E-state index is 5.01. The quantitative estimate of drug-likeness (QED) is 0.290. The highest BCUT2D eigenvalue weighted by Gasteiger charge is 2.03. The van der Waals surface area contributed by atoms with Crippen molar-refractivity contribution in [3.63, 3.8) is 0 Å². The molecule has 0 spiro atoms. The number of guanidine groups is 1. The second-order valence-corrected chi connectivity index (χ2v) is 4.74. The number of aromatic nitrogens is 3. The molecule has 0 unspecified atom stereocenters. The molecule has 0 bridgehead atoms. The fraction of sp³-hybridized carbons (Fsp3) is 0.769. The van der Waals surface area contributed by atoms with E-state index in [0.29, 0.717) is 19.2 Å². The summed E-state index contributed by atoms with van der Waals surface area (Å²) in [5.74, 6) is 1.81. The molecule has 21 heavy (non-hydrogen) atoms. The molecule has 122 valence electrons. The molecule has 0 fully saturated rings. The number of rotatable bonds is 8. The van der Waals surface area contributed by atoms with Gasteiger partial charge in [0.05, 0.1) is 13.2 Å². The molecule has 0 radical (unpaired) electrons. The van der Waals surface area contributed by atoms with E-state index in [-0.39, 0.29) is 24.0 Å². The number of hydrogen-bond donors (Lipinski definition) is 2. The van der Waals surface area contributed by atoms with Crippen molar-refractivity contribution in [3.8, 4) is 0 Å². The van der Waals surface area contributed by atoms with Crippen molar-refractivity contribution in [2.45, 2.75) is 39.8 Å². The first kappa shape index (κ1) is 20.1. The first-order valence-electron chi connectivity index (χ1n) is 7.07. The van der Waals surface area contributed by atoms with Gasteiger partial charge in [-0.2, -0.15) is 0 Å². The molecule has 0 aliphatic rings. The van der Waals surface area contributed by atoms with E-state index in [0.717, 1.165) is 31.3 Å². The highest BCUT2D eigenvalue weighted by molar-refractivity contribution is 14.0. The highest BCUT2D eigenvalue weighted by atomic mass is 127. The Bertz CT molecular complexity index is 407. The number of nitrogens with zero attached hydrogens (tertiary/aromatic N) is 4. The number of aryl methyl sites for hydroxylation is 1. The van der Waals surface area contributed by atoms with Crippen LogP contribution < -0.4 is 10.6 Å². The smallest absolute Gasteiger partial charge is 0.191 e. The lowest BCUT2D eigenvalue weighted by Crippen LogP contribution is -2.42.